The minimum absolute atomic E-state index is 0.0431. The number of Topliss-reactive ketones (excluding diaryl/α,β-unsaturated/α-hetero) is 1. The van der Waals surface area contributed by atoms with Crippen molar-refractivity contribution in [1.29, 1.82) is 0 Å². The SMILES string of the molecule is CC(=O)c1cccc(OCC(=O)NC(c2ccccc2)c2ccc(C)cc2)c1. The molecule has 0 radical (unpaired) electrons. The molecule has 4 nitrogen and oxygen atoms in total. The van der Waals surface area contributed by atoms with E-state index in [4.69, 9.17) is 4.74 Å². The van der Waals surface area contributed by atoms with Gasteiger partial charge in [0.15, 0.2) is 12.4 Å². The van der Waals surface area contributed by atoms with E-state index >= 15 is 0 Å². The van der Waals surface area contributed by atoms with Gasteiger partial charge in [0.05, 0.1) is 6.04 Å². The van der Waals surface area contributed by atoms with Crippen LogP contribution in [0.15, 0.2) is 78.9 Å². The van der Waals surface area contributed by atoms with Crippen molar-refractivity contribution in [1.82, 2.24) is 5.32 Å². The molecule has 0 spiro atoms. The second-order valence-electron chi connectivity index (χ2n) is 6.69. The van der Waals surface area contributed by atoms with Gasteiger partial charge in [0, 0.05) is 5.56 Å². The average molecular weight is 373 g/mol. The van der Waals surface area contributed by atoms with Gasteiger partial charge < -0.3 is 10.1 Å². The molecule has 0 bridgehead atoms. The minimum atomic E-state index is -0.263. The van der Waals surface area contributed by atoms with Gasteiger partial charge in [0.1, 0.15) is 5.75 Å². The first-order valence-corrected chi connectivity index (χ1v) is 9.17. The molecule has 1 N–H and O–H groups in total. The van der Waals surface area contributed by atoms with Gasteiger partial charge in [-0.3, -0.25) is 9.59 Å². The Morgan fingerprint density at radius 1 is 0.893 bits per heavy atom. The zero-order valence-corrected chi connectivity index (χ0v) is 16.0. The normalized spacial score (nSPS) is 11.5. The molecule has 1 atom stereocenters. The van der Waals surface area contributed by atoms with E-state index in [2.05, 4.69) is 5.32 Å². The summed E-state index contributed by atoms with van der Waals surface area (Å²) in [5.74, 6) is 0.218. The van der Waals surface area contributed by atoms with Crippen LogP contribution in [0.1, 0.15) is 40.0 Å². The summed E-state index contributed by atoms with van der Waals surface area (Å²) in [5, 5.41) is 3.05. The number of aryl methyl sites for hydroxylation is 1. The van der Waals surface area contributed by atoms with Gasteiger partial charge in [-0.05, 0) is 37.1 Å². The lowest BCUT2D eigenvalue weighted by Crippen LogP contribution is -2.33. The number of amides is 1. The predicted molar refractivity (Wildman–Crippen MR) is 110 cm³/mol. The summed E-state index contributed by atoms with van der Waals surface area (Å²) < 4.78 is 5.59. The molecule has 3 rings (SSSR count). The standard InChI is InChI=1S/C24H23NO3/c1-17-11-13-20(14-12-17)24(19-7-4-3-5-8-19)25-23(27)16-28-22-10-6-9-21(15-22)18(2)26/h3-15,24H,16H2,1-2H3,(H,25,27). The van der Waals surface area contributed by atoms with E-state index in [9.17, 15) is 9.59 Å². The van der Waals surface area contributed by atoms with Gasteiger partial charge in [0.25, 0.3) is 5.91 Å². The minimum Gasteiger partial charge on any atom is -0.484 e. The molecule has 0 heterocycles. The van der Waals surface area contributed by atoms with Crippen LogP contribution in [0.5, 0.6) is 5.75 Å². The van der Waals surface area contributed by atoms with Crippen molar-refractivity contribution in [2.24, 2.45) is 0 Å². The smallest absolute Gasteiger partial charge is 0.258 e. The van der Waals surface area contributed by atoms with Crippen LogP contribution in [0.4, 0.5) is 0 Å². The van der Waals surface area contributed by atoms with E-state index in [1.54, 1.807) is 24.3 Å². The summed E-state index contributed by atoms with van der Waals surface area (Å²) in [6.07, 6.45) is 0. The van der Waals surface area contributed by atoms with Crippen molar-refractivity contribution in [3.63, 3.8) is 0 Å². The fourth-order valence-corrected chi connectivity index (χ4v) is 2.92. The molecular formula is C24H23NO3. The Balaban J connectivity index is 1.72. The van der Waals surface area contributed by atoms with Crippen LogP contribution in [0.2, 0.25) is 0 Å². The number of ether oxygens (including phenoxy) is 1. The number of carbonyl (C=O) groups is 2. The highest BCUT2D eigenvalue weighted by Crippen LogP contribution is 2.22. The fourth-order valence-electron chi connectivity index (χ4n) is 2.92. The van der Waals surface area contributed by atoms with Crippen LogP contribution in [-0.4, -0.2) is 18.3 Å². The second kappa shape index (κ2) is 9.00. The van der Waals surface area contributed by atoms with Gasteiger partial charge in [0.2, 0.25) is 0 Å². The molecule has 0 saturated carbocycles. The lowest BCUT2D eigenvalue weighted by atomic mass is 9.98. The van der Waals surface area contributed by atoms with Crippen molar-refractivity contribution >= 4 is 11.7 Å². The van der Waals surface area contributed by atoms with E-state index in [1.165, 1.54) is 6.92 Å². The molecule has 0 saturated heterocycles. The topological polar surface area (TPSA) is 55.4 Å². The molecular weight excluding hydrogens is 350 g/mol. The van der Waals surface area contributed by atoms with Crippen molar-refractivity contribution in [2.75, 3.05) is 6.61 Å². The van der Waals surface area contributed by atoms with E-state index in [1.807, 2.05) is 61.5 Å². The van der Waals surface area contributed by atoms with Crippen LogP contribution in [0.25, 0.3) is 0 Å². The van der Waals surface area contributed by atoms with E-state index in [-0.39, 0.29) is 24.3 Å². The molecule has 1 amide bonds. The lowest BCUT2D eigenvalue weighted by molar-refractivity contribution is -0.123. The highest BCUT2D eigenvalue weighted by molar-refractivity contribution is 5.94. The molecule has 142 valence electrons. The van der Waals surface area contributed by atoms with Crippen LogP contribution in [0, 0.1) is 6.92 Å². The molecule has 4 heteroatoms. The summed E-state index contributed by atoms with van der Waals surface area (Å²) in [6, 6.07) is 24.5. The predicted octanol–water partition coefficient (Wildman–Crippen LogP) is 4.48. The average Bonchev–Trinajstić information content (AvgIpc) is 2.72. The number of ketones is 1. The highest BCUT2D eigenvalue weighted by atomic mass is 16.5. The Hall–Kier alpha value is -3.40. The second-order valence-corrected chi connectivity index (χ2v) is 6.69. The maximum atomic E-state index is 12.6. The van der Waals surface area contributed by atoms with E-state index in [0.717, 1.165) is 16.7 Å². The van der Waals surface area contributed by atoms with Crippen molar-refractivity contribution in [2.45, 2.75) is 19.9 Å². The molecule has 0 fully saturated rings. The van der Waals surface area contributed by atoms with E-state index in [0.29, 0.717) is 11.3 Å². The van der Waals surface area contributed by atoms with Crippen molar-refractivity contribution < 1.29 is 14.3 Å². The zero-order chi connectivity index (χ0) is 19.9. The first kappa shape index (κ1) is 19.4. The van der Waals surface area contributed by atoms with Gasteiger partial charge in [-0.25, -0.2) is 0 Å². The van der Waals surface area contributed by atoms with Gasteiger partial charge in [-0.1, -0.05) is 72.3 Å². The summed E-state index contributed by atoms with van der Waals surface area (Å²) >= 11 is 0. The lowest BCUT2D eigenvalue weighted by Gasteiger charge is -2.20. The maximum Gasteiger partial charge on any atom is 0.258 e. The molecule has 1 unspecified atom stereocenters. The molecule has 0 aliphatic heterocycles. The molecule has 0 aromatic heterocycles. The molecule has 0 aliphatic rings. The Morgan fingerprint density at radius 2 is 1.57 bits per heavy atom. The first-order chi connectivity index (χ1) is 13.5. The van der Waals surface area contributed by atoms with Crippen LogP contribution in [-0.2, 0) is 4.79 Å². The summed E-state index contributed by atoms with van der Waals surface area (Å²) in [5.41, 5.74) is 3.72. The molecule has 0 aliphatic carbocycles. The van der Waals surface area contributed by atoms with Gasteiger partial charge in [-0.2, -0.15) is 0 Å². The maximum absolute atomic E-state index is 12.6. The highest BCUT2D eigenvalue weighted by Gasteiger charge is 2.17. The Labute approximate surface area is 165 Å². The Morgan fingerprint density at radius 3 is 2.25 bits per heavy atom. The Kier molecular flexibility index (Phi) is 6.22. The number of nitrogens with one attached hydrogen (secondary N) is 1. The Bertz CT molecular complexity index is 949. The molecule has 3 aromatic carbocycles. The first-order valence-electron chi connectivity index (χ1n) is 9.17. The van der Waals surface area contributed by atoms with E-state index < -0.39 is 0 Å². The number of hydrogen-bond acceptors (Lipinski definition) is 3. The monoisotopic (exact) mass is 373 g/mol. The van der Waals surface area contributed by atoms with Crippen molar-refractivity contribution in [3.8, 4) is 5.75 Å². The largest absolute Gasteiger partial charge is 0.484 e. The number of rotatable bonds is 7. The fraction of sp³-hybridized carbons (Fsp3) is 0.167. The summed E-state index contributed by atoms with van der Waals surface area (Å²) in [4.78, 5) is 24.0. The third kappa shape index (κ3) is 5.07. The van der Waals surface area contributed by atoms with Crippen molar-refractivity contribution in [3.05, 3.63) is 101 Å². The van der Waals surface area contributed by atoms with Crippen LogP contribution >= 0.6 is 0 Å². The third-order valence-corrected chi connectivity index (χ3v) is 4.46. The number of hydrogen-bond donors (Lipinski definition) is 1. The number of carbonyl (C=O) groups excluding carboxylic acids is 2. The summed E-state index contributed by atoms with van der Waals surface area (Å²) in [6.45, 7) is 3.40. The summed E-state index contributed by atoms with van der Waals surface area (Å²) in [7, 11) is 0. The van der Waals surface area contributed by atoms with Gasteiger partial charge in [-0.15, -0.1) is 0 Å². The molecule has 28 heavy (non-hydrogen) atoms. The number of benzene rings is 3. The quantitative estimate of drug-likeness (QED) is 0.621. The third-order valence-electron chi connectivity index (χ3n) is 4.46. The van der Waals surface area contributed by atoms with Gasteiger partial charge >= 0.3 is 0 Å². The zero-order valence-electron chi connectivity index (χ0n) is 16.0. The van der Waals surface area contributed by atoms with Crippen LogP contribution < -0.4 is 10.1 Å². The van der Waals surface area contributed by atoms with Crippen LogP contribution in [0.3, 0.4) is 0 Å². The molecule has 3 aromatic rings.